The van der Waals surface area contributed by atoms with Gasteiger partial charge in [-0.25, -0.2) is 4.98 Å². The summed E-state index contributed by atoms with van der Waals surface area (Å²) < 4.78 is 0. The molecule has 0 radical (unpaired) electrons. The summed E-state index contributed by atoms with van der Waals surface area (Å²) in [5.41, 5.74) is 9.62. The molecule has 2 N–H and O–H groups in total. The summed E-state index contributed by atoms with van der Waals surface area (Å²) in [6.07, 6.45) is 3.50. The molecule has 0 saturated carbocycles. The summed E-state index contributed by atoms with van der Waals surface area (Å²) in [6, 6.07) is 1.97. The Morgan fingerprint density at radius 3 is 3.08 bits per heavy atom. The van der Waals surface area contributed by atoms with E-state index in [9.17, 15) is 0 Å². The number of hydrogen-bond donors (Lipinski definition) is 1. The lowest BCUT2D eigenvalue weighted by Gasteiger charge is -2.05. The van der Waals surface area contributed by atoms with Gasteiger partial charge in [-0.1, -0.05) is 15.9 Å². The van der Waals surface area contributed by atoms with E-state index < -0.39 is 0 Å². The van der Waals surface area contributed by atoms with Crippen molar-refractivity contribution in [3.63, 3.8) is 0 Å². The average Bonchev–Trinajstić information content (AvgIpc) is 2.50. The first kappa shape index (κ1) is 8.05. The Hall–Kier alpha value is -0.570. The Bertz CT molecular complexity index is 310. The number of anilines is 1. The van der Waals surface area contributed by atoms with Crippen molar-refractivity contribution >= 4 is 21.7 Å². The van der Waals surface area contributed by atoms with Gasteiger partial charge in [0.1, 0.15) is 5.82 Å². The van der Waals surface area contributed by atoms with Crippen LogP contribution in [-0.4, -0.2) is 4.98 Å². The van der Waals surface area contributed by atoms with E-state index in [4.69, 9.17) is 5.73 Å². The number of alkyl halides is 1. The Morgan fingerprint density at radius 1 is 1.50 bits per heavy atom. The number of nitrogens with zero attached hydrogens (tertiary/aromatic N) is 1. The van der Waals surface area contributed by atoms with Gasteiger partial charge in [0.25, 0.3) is 0 Å². The minimum atomic E-state index is 0.658. The van der Waals surface area contributed by atoms with Crippen LogP contribution in [0.15, 0.2) is 6.07 Å². The van der Waals surface area contributed by atoms with E-state index in [2.05, 4.69) is 20.9 Å². The molecule has 1 aliphatic rings. The number of rotatable bonds is 1. The molecule has 1 aliphatic carbocycles. The van der Waals surface area contributed by atoms with Gasteiger partial charge in [-0.3, -0.25) is 0 Å². The molecule has 1 aromatic rings. The van der Waals surface area contributed by atoms with Crippen LogP contribution < -0.4 is 5.73 Å². The average molecular weight is 227 g/mol. The summed E-state index contributed by atoms with van der Waals surface area (Å²) >= 11 is 3.46. The van der Waals surface area contributed by atoms with Crippen molar-refractivity contribution in [2.45, 2.75) is 24.6 Å². The highest BCUT2D eigenvalue weighted by Gasteiger charge is 2.16. The van der Waals surface area contributed by atoms with Crippen LogP contribution >= 0.6 is 15.9 Å². The molecule has 1 heterocycles. The van der Waals surface area contributed by atoms with E-state index in [-0.39, 0.29) is 0 Å². The van der Waals surface area contributed by atoms with Crippen molar-refractivity contribution in [2.24, 2.45) is 0 Å². The van der Waals surface area contributed by atoms with Crippen LogP contribution in [-0.2, 0) is 18.2 Å². The molecule has 0 bridgehead atoms. The zero-order valence-corrected chi connectivity index (χ0v) is 8.39. The van der Waals surface area contributed by atoms with Crippen molar-refractivity contribution in [2.75, 3.05) is 5.73 Å². The summed E-state index contributed by atoms with van der Waals surface area (Å²) in [7, 11) is 0. The molecule has 0 unspecified atom stereocenters. The zero-order valence-electron chi connectivity index (χ0n) is 6.81. The molecule has 0 fully saturated rings. The maximum absolute atomic E-state index is 5.68. The lowest BCUT2D eigenvalue weighted by atomic mass is 10.1. The third kappa shape index (κ3) is 1.22. The number of halogens is 1. The predicted octanol–water partition coefficient (Wildman–Crippen LogP) is 2.05. The molecule has 0 atom stereocenters. The molecular formula is C9H11BrN2. The minimum Gasteiger partial charge on any atom is -0.384 e. The van der Waals surface area contributed by atoms with E-state index in [0.29, 0.717) is 5.82 Å². The summed E-state index contributed by atoms with van der Waals surface area (Å²) in [4.78, 5) is 4.32. The molecular weight excluding hydrogens is 216 g/mol. The molecule has 0 aliphatic heterocycles. The van der Waals surface area contributed by atoms with Gasteiger partial charge in [-0.05, 0) is 36.5 Å². The van der Waals surface area contributed by atoms with Crippen molar-refractivity contribution in [3.8, 4) is 0 Å². The standard InChI is InChI=1S/C9H11BrN2/c10-5-6-4-9(11)12-8-3-1-2-7(6)8/h4H,1-3,5H2,(H2,11,12). The van der Waals surface area contributed by atoms with E-state index >= 15 is 0 Å². The first-order valence-electron chi connectivity index (χ1n) is 4.14. The van der Waals surface area contributed by atoms with Gasteiger partial charge in [0.05, 0.1) is 0 Å². The van der Waals surface area contributed by atoms with E-state index in [1.54, 1.807) is 0 Å². The van der Waals surface area contributed by atoms with Crippen LogP contribution in [0.3, 0.4) is 0 Å². The Kier molecular flexibility index (Phi) is 2.05. The van der Waals surface area contributed by atoms with Gasteiger partial charge in [0.2, 0.25) is 0 Å². The number of nitrogen functional groups attached to an aromatic ring is 1. The van der Waals surface area contributed by atoms with Gasteiger partial charge >= 0.3 is 0 Å². The van der Waals surface area contributed by atoms with Gasteiger partial charge in [-0.2, -0.15) is 0 Å². The summed E-state index contributed by atoms with van der Waals surface area (Å²) in [5, 5.41) is 0.891. The first-order valence-corrected chi connectivity index (χ1v) is 5.26. The molecule has 1 aromatic heterocycles. The number of aryl methyl sites for hydroxylation is 1. The maximum atomic E-state index is 5.68. The van der Waals surface area contributed by atoms with Crippen molar-refractivity contribution in [3.05, 3.63) is 22.9 Å². The van der Waals surface area contributed by atoms with Crippen molar-refractivity contribution in [1.29, 1.82) is 0 Å². The Labute approximate surface area is 80.3 Å². The van der Waals surface area contributed by atoms with Crippen LogP contribution in [0.25, 0.3) is 0 Å². The third-order valence-corrected chi connectivity index (χ3v) is 2.91. The fourth-order valence-corrected chi connectivity index (χ4v) is 2.27. The predicted molar refractivity (Wildman–Crippen MR) is 53.3 cm³/mol. The Balaban J connectivity index is 2.55. The SMILES string of the molecule is Nc1cc(CBr)c2c(n1)CCC2. The second-order valence-corrected chi connectivity index (χ2v) is 3.68. The van der Waals surface area contributed by atoms with Crippen molar-refractivity contribution < 1.29 is 0 Å². The minimum absolute atomic E-state index is 0.658. The normalized spacial score (nSPS) is 14.8. The molecule has 0 amide bonds. The van der Waals surface area contributed by atoms with Crippen LogP contribution in [0.1, 0.15) is 23.2 Å². The molecule has 3 heteroatoms. The number of aromatic nitrogens is 1. The fraction of sp³-hybridized carbons (Fsp3) is 0.444. The molecule has 2 nitrogen and oxygen atoms in total. The zero-order chi connectivity index (χ0) is 8.55. The smallest absolute Gasteiger partial charge is 0.123 e. The molecule has 12 heavy (non-hydrogen) atoms. The molecule has 2 rings (SSSR count). The highest BCUT2D eigenvalue weighted by Crippen LogP contribution is 2.26. The number of nitrogens with two attached hydrogens (primary N) is 1. The summed E-state index contributed by atoms with van der Waals surface area (Å²) in [6.45, 7) is 0. The van der Waals surface area contributed by atoms with E-state index in [1.165, 1.54) is 29.7 Å². The van der Waals surface area contributed by atoms with Gasteiger partial charge in [-0.15, -0.1) is 0 Å². The molecule has 0 saturated heterocycles. The largest absolute Gasteiger partial charge is 0.384 e. The quantitative estimate of drug-likeness (QED) is 0.745. The third-order valence-electron chi connectivity index (χ3n) is 2.31. The first-order chi connectivity index (χ1) is 5.81. The molecule has 0 spiro atoms. The number of pyridine rings is 1. The van der Waals surface area contributed by atoms with Crippen LogP contribution in [0.2, 0.25) is 0 Å². The number of fused-ring (bicyclic) bond motifs is 1. The van der Waals surface area contributed by atoms with Gasteiger partial charge in [0.15, 0.2) is 0 Å². The second kappa shape index (κ2) is 3.05. The van der Waals surface area contributed by atoms with E-state index in [1.807, 2.05) is 6.07 Å². The molecule has 64 valence electrons. The number of hydrogen-bond acceptors (Lipinski definition) is 2. The lowest BCUT2D eigenvalue weighted by molar-refractivity contribution is 0.899. The monoisotopic (exact) mass is 226 g/mol. The Morgan fingerprint density at radius 2 is 2.33 bits per heavy atom. The molecule has 0 aromatic carbocycles. The topological polar surface area (TPSA) is 38.9 Å². The van der Waals surface area contributed by atoms with Crippen LogP contribution in [0.4, 0.5) is 5.82 Å². The second-order valence-electron chi connectivity index (χ2n) is 3.12. The lowest BCUT2D eigenvalue weighted by Crippen LogP contribution is -1.99. The van der Waals surface area contributed by atoms with Crippen LogP contribution in [0.5, 0.6) is 0 Å². The highest BCUT2D eigenvalue weighted by atomic mass is 79.9. The van der Waals surface area contributed by atoms with Gasteiger partial charge in [0, 0.05) is 11.0 Å². The van der Waals surface area contributed by atoms with Gasteiger partial charge < -0.3 is 5.73 Å². The van der Waals surface area contributed by atoms with E-state index in [0.717, 1.165) is 11.8 Å². The summed E-state index contributed by atoms with van der Waals surface area (Å²) in [5.74, 6) is 0.658. The fourth-order valence-electron chi connectivity index (χ4n) is 1.77. The maximum Gasteiger partial charge on any atom is 0.123 e. The highest BCUT2D eigenvalue weighted by molar-refractivity contribution is 9.08. The van der Waals surface area contributed by atoms with Crippen LogP contribution in [0, 0.1) is 0 Å². The van der Waals surface area contributed by atoms with Crippen molar-refractivity contribution in [1.82, 2.24) is 4.98 Å².